The summed E-state index contributed by atoms with van der Waals surface area (Å²) in [5, 5.41) is 23.6. The summed E-state index contributed by atoms with van der Waals surface area (Å²) in [5.74, 6) is -0.500. The van der Waals surface area contributed by atoms with Gasteiger partial charge in [0, 0.05) is 6.42 Å². The van der Waals surface area contributed by atoms with Gasteiger partial charge in [-0.05, 0) is 83.5 Å². The van der Waals surface area contributed by atoms with Gasteiger partial charge in [-0.1, -0.05) is 191 Å². The van der Waals surface area contributed by atoms with Crippen molar-refractivity contribution in [3.8, 4) is 0 Å². The molecule has 332 valence electrons. The van der Waals surface area contributed by atoms with Crippen LogP contribution in [0.15, 0.2) is 48.6 Å². The predicted molar refractivity (Wildman–Crippen MR) is 245 cm³/mol. The second-order valence-corrected chi connectivity index (χ2v) is 16.5. The quantitative estimate of drug-likeness (QED) is 0.0324. The van der Waals surface area contributed by atoms with Gasteiger partial charge in [-0.2, -0.15) is 0 Å². The summed E-state index contributed by atoms with van der Waals surface area (Å²) in [6.07, 6.45) is 53.1. The third kappa shape index (κ3) is 40.4. The van der Waals surface area contributed by atoms with Gasteiger partial charge >= 0.3 is 5.97 Å². The Bertz CT molecular complexity index is 988. The van der Waals surface area contributed by atoms with Crippen molar-refractivity contribution in [2.75, 3.05) is 6.61 Å². The fraction of sp³-hybridized carbons (Fsp3) is 0.804. The topological polar surface area (TPSA) is 95.9 Å². The number of amides is 1. The van der Waals surface area contributed by atoms with E-state index < -0.39 is 18.2 Å². The molecule has 0 aliphatic heterocycles. The van der Waals surface area contributed by atoms with Gasteiger partial charge in [-0.3, -0.25) is 9.59 Å². The van der Waals surface area contributed by atoms with Crippen LogP contribution in [-0.2, 0) is 14.3 Å². The van der Waals surface area contributed by atoms with Crippen LogP contribution >= 0.6 is 0 Å². The van der Waals surface area contributed by atoms with Crippen LogP contribution in [0.2, 0.25) is 0 Å². The molecular weight excluding hydrogens is 707 g/mol. The number of hydrogen-bond acceptors (Lipinski definition) is 5. The van der Waals surface area contributed by atoms with Crippen molar-refractivity contribution in [1.29, 1.82) is 0 Å². The Hall–Kier alpha value is -2.18. The number of carbonyl (C=O) groups excluding carboxylic acids is 2. The Morgan fingerprint density at radius 2 is 0.947 bits per heavy atom. The van der Waals surface area contributed by atoms with Crippen molar-refractivity contribution in [3.05, 3.63) is 48.6 Å². The second kappa shape index (κ2) is 44.9. The molecule has 0 aromatic heterocycles. The van der Waals surface area contributed by atoms with Crippen LogP contribution in [0.5, 0.6) is 0 Å². The van der Waals surface area contributed by atoms with E-state index in [-0.39, 0.29) is 24.9 Å². The van der Waals surface area contributed by atoms with E-state index in [9.17, 15) is 19.8 Å². The smallest absolute Gasteiger partial charge is 0.306 e. The summed E-state index contributed by atoms with van der Waals surface area (Å²) in [6, 6.07) is -0.707. The maximum atomic E-state index is 13.1. The van der Waals surface area contributed by atoms with Gasteiger partial charge in [-0.25, -0.2) is 0 Å². The molecule has 0 spiro atoms. The Morgan fingerprint density at radius 3 is 1.47 bits per heavy atom. The first kappa shape index (κ1) is 54.8. The predicted octanol–water partition coefficient (Wildman–Crippen LogP) is 14.3. The molecule has 0 fully saturated rings. The van der Waals surface area contributed by atoms with Gasteiger partial charge in [0.1, 0.15) is 6.10 Å². The van der Waals surface area contributed by atoms with Crippen molar-refractivity contribution in [2.45, 2.75) is 257 Å². The number of ether oxygens (including phenoxy) is 1. The zero-order valence-electron chi connectivity index (χ0n) is 37.7. The third-order valence-corrected chi connectivity index (χ3v) is 10.9. The molecule has 6 nitrogen and oxygen atoms in total. The molecule has 0 radical (unpaired) electrons. The van der Waals surface area contributed by atoms with Crippen molar-refractivity contribution in [1.82, 2.24) is 5.32 Å². The maximum Gasteiger partial charge on any atom is 0.306 e. The number of carbonyl (C=O) groups is 2. The third-order valence-electron chi connectivity index (χ3n) is 10.9. The highest BCUT2D eigenvalue weighted by molar-refractivity contribution is 5.77. The van der Waals surface area contributed by atoms with Crippen LogP contribution in [0.4, 0.5) is 0 Å². The number of nitrogens with one attached hydrogen (secondary N) is 1. The summed E-state index contributed by atoms with van der Waals surface area (Å²) in [5.41, 5.74) is 0. The van der Waals surface area contributed by atoms with Crippen molar-refractivity contribution in [3.63, 3.8) is 0 Å². The van der Waals surface area contributed by atoms with Crippen LogP contribution in [0.1, 0.15) is 239 Å². The van der Waals surface area contributed by atoms with E-state index in [1.54, 1.807) is 0 Å². The molecule has 3 N–H and O–H groups in total. The summed E-state index contributed by atoms with van der Waals surface area (Å²) in [4.78, 5) is 26.0. The lowest BCUT2D eigenvalue weighted by Gasteiger charge is -2.24. The molecule has 0 aliphatic rings. The zero-order chi connectivity index (χ0) is 41.7. The number of allylic oxidation sites excluding steroid dienone is 8. The summed E-state index contributed by atoms with van der Waals surface area (Å²) >= 11 is 0. The number of esters is 1. The van der Waals surface area contributed by atoms with Crippen LogP contribution in [0.3, 0.4) is 0 Å². The number of aliphatic hydroxyl groups excluding tert-OH is 2. The first-order valence-corrected chi connectivity index (χ1v) is 24.4. The van der Waals surface area contributed by atoms with Crippen LogP contribution in [0.25, 0.3) is 0 Å². The van der Waals surface area contributed by atoms with Gasteiger partial charge in [0.05, 0.1) is 25.2 Å². The SMILES string of the molecule is CC/C=C/C/C=C/C/C=C/CCCCCCC(CC(=O)NC(CO)C(O)CCCCCCCCCCC)OC(=O)CCCCCCCCC/C=C\CCCCCC. The lowest BCUT2D eigenvalue weighted by molar-refractivity contribution is -0.151. The molecule has 0 rings (SSSR count). The highest BCUT2D eigenvalue weighted by atomic mass is 16.5. The van der Waals surface area contributed by atoms with E-state index in [1.807, 2.05) is 0 Å². The summed E-state index contributed by atoms with van der Waals surface area (Å²) in [6.45, 7) is 6.33. The molecule has 3 unspecified atom stereocenters. The normalized spacial score (nSPS) is 13.7. The fourth-order valence-corrected chi connectivity index (χ4v) is 7.20. The molecule has 57 heavy (non-hydrogen) atoms. The first-order chi connectivity index (χ1) is 28.0. The lowest BCUT2D eigenvalue weighted by atomic mass is 10.0. The van der Waals surface area contributed by atoms with E-state index in [0.717, 1.165) is 89.9 Å². The van der Waals surface area contributed by atoms with E-state index in [1.165, 1.54) is 103 Å². The molecule has 3 atom stereocenters. The average molecular weight is 800 g/mol. The average Bonchev–Trinajstić information content (AvgIpc) is 3.20. The Labute approximate surface area is 353 Å². The summed E-state index contributed by atoms with van der Waals surface area (Å²) in [7, 11) is 0. The molecule has 1 amide bonds. The van der Waals surface area contributed by atoms with Gasteiger partial charge in [0.25, 0.3) is 0 Å². The van der Waals surface area contributed by atoms with Gasteiger partial charge in [0.2, 0.25) is 5.91 Å². The standard InChI is InChI=1S/C51H93NO5/c1-4-7-10-13-16-19-21-23-25-27-29-32-35-38-41-44-51(56)57-47(42-39-36-33-31-28-26-24-22-20-17-14-11-8-5-2)45-50(55)52-48(46-53)49(54)43-40-37-34-30-18-15-12-9-6-3/h8,11,17,19-21,24,26,47-49,53-54H,4-7,9-10,12-16,18,22-23,25,27-46H2,1-3H3,(H,52,55)/b11-8+,20-17+,21-19-,26-24+. The zero-order valence-corrected chi connectivity index (χ0v) is 37.7. The lowest BCUT2D eigenvalue weighted by Crippen LogP contribution is -2.46. The van der Waals surface area contributed by atoms with E-state index in [0.29, 0.717) is 19.3 Å². The molecule has 0 saturated carbocycles. The summed E-state index contributed by atoms with van der Waals surface area (Å²) < 4.78 is 5.91. The minimum atomic E-state index is -0.792. The van der Waals surface area contributed by atoms with E-state index in [4.69, 9.17) is 4.74 Å². The largest absolute Gasteiger partial charge is 0.462 e. The maximum absolute atomic E-state index is 13.1. The van der Waals surface area contributed by atoms with Gasteiger partial charge in [-0.15, -0.1) is 0 Å². The molecule has 0 aromatic carbocycles. The number of aliphatic hydroxyl groups is 2. The fourth-order valence-electron chi connectivity index (χ4n) is 7.20. The molecule has 0 saturated heterocycles. The Morgan fingerprint density at radius 1 is 0.526 bits per heavy atom. The number of rotatable bonds is 43. The van der Waals surface area contributed by atoms with E-state index in [2.05, 4.69) is 74.7 Å². The minimum Gasteiger partial charge on any atom is -0.462 e. The van der Waals surface area contributed by atoms with Crippen LogP contribution in [-0.4, -0.2) is 46.9 Å². The van der Waals surface area contributed by atoms with Gasteiger partial charge < -0.3 is 20.3 Å². The highest BCUT2D eigenvalue weighted by Gasteiger charge is 2.24. The minimum absolute atomic E-state index is 0.0610. The monoisotopic (exact) mass is 800 g/mol. The Kier molecular flexibility index (Phi) is 43.2. The van der Waals surface area contributed by atoms with Gasteiger partial charge in [0.15, 0.2) is 0 Å². The molecule has 0 aliphatic carbocycles. The van der Waals surface area contributed by atoms with Crippen molar-refractivity contribution >= 4 is 11.9 Å². The molecule has 0 aromatic rings. The number of unbranched alkanes of at least 4 members (excludes halogenated alkanes) is 23. The second-order valence-electron chi connectivity index (χ2n) is 16.5. The molecule has 0 bridgehead atoms. The molecular formula is C51H93NO5. The highest BCUT2D eigenvalue weighted by Crippen LogP contribution is 2.17. The number of hydrogen-bond donors (Lipinski definition) is 3. The van der Waals surface area contributed by atoms with E-state index >= 15 is 0 Å². The first-order valence-electron chi connectivity index (χ1n) is 24.4. The Balaban J connectivity index is 4.62. The molecule has 6 heteroatoms. The van der Waals surface area contributed by atoms with Crippen molar-refractivity contribution < 1.29 is 24.5 Å². The molecule has 0 heterocycles. The van der Waals surface area contributed by atoms with Crippen molar-refractivity contribution in [2.24, 2.45) is 0 Å². The van der Waals surface area contributed by atoms with Crippen LogP contribution < -0.4 is 5.32 Å². The van der Waals surface area contributed by atoms with Crippen LogP contribution in [0, 0.1) is 0 Å².